The molecule has 1 aliphatic carbocycles. The van der Waals surface area contributed by atoms with Crippen molar-refractivity contribution in [1.29, 1.82) is 0 Å². The molecule has 8 heteroatoms. The number of fused-ring (bicyclic) bond motifs is 1. The van der Waals surface area contributed by atoms with Crippen LogP contribution in [0.25, 0.3) is 10.8 Å². The van der Waals surface area contributed by atoms with Crippen molar-refractivity contribution in [2.24, 2.45) is 11.1 Å². The smallest absolute Gasteiger partial charge is 0.275 e. The van der Waals surface area contributed by atoms with Crippen LogP contribution < -0.4 is 15.6 Å². The second kappa shape index (κ2) is 9.06. The van der Waals surface area contributed by atoms with E-state index in [0.29, 0.717) is 6.42 Å². The zero-order valence-corrected chi connectivity index (χ0v) is 18.3. The van der Waals surface area contributed by atoms with Gasteiger partial charge in [0, 0.05) is 18.5 Å². The molecule has 0 bridgehead atoms. The summed E-state index contributed by atoms with van der Waals surface area (Å²) in [6.45, 7) is 1.61. The standard InChI is InChI=1S/C22H32N4O3S/c23-30(28,29)15-13-17-8-6-7-14-25(16-17)21-19-11-4-5-12-20(19)22(27)26(24-21)18-9-2-1-3-10-18/h4-5,11-12,17-18H,1-3,6-10,13-16H2,(H2,23,28,29). The van der Waals surface area contributed by atoms with Gasteiger partial charge in [-0.15, -0.1) is 0 Å². The van der Waals surface area contributed by atoms with E-state index in [1.165, 1.54) is 6.42 Å². The quantitative estimate of drug-likeness (QED) is 0.782. The van der Waals surface area contributed by atoms with Gasteiger partial charge in [-0.1, -0.05) is 43.9 Å². The van der Waals surface area contributed by atoms with E-state index < -0.39 is 10.0 Å². The van der Waals surface area contributed by atoms with Gasteiger partial charge in [0.25, 0.3) is 5.56 Å². The van der Waals surface area contributed by atoms with E-state index in [1.54, 1.807) is 4.68 Å². The van der Waals surface area contributed by atoms with Crippen LogP contribution in [-0.4, -0.2) is 37.0 Å². The number of sulfonamides is 1. The summed E-state index contributed by atoms with van der Waals surface area (Å²) in [5.41, 5.74) is 0.00171. The largest absolute Gasteiger partial charge is 0.354 e. The zero-order valence-electron chi connectivity index (χ0n) is 17.5. The number of hydrogen-bond acceptors (Lipinski definition) is 5. The first-order valence-corrected chi connectivity index (χ1v) is 12.9. The van der Waals surface area contributed by atoms with Gasteiger partial charge in [0.05, 0.1) is 17.2 Å². The number of rotatable bonds is 5. The van der Waals surface area contributed by atoms with E-state index in [0.717, 1.165) is 74.6 Å². The topological polar surface area (TPSA) is 98.3 Å². The number of hydrogen-bond donors (Lipinski definition) is 1. The van der Waals surface area contributed by atoms with Crippen molar-refractivity contribution in [3.8, 4) is 0 Å². The van der Waals surface area contributed by atoms with Gasteiger partial charge in [-0.05, 0) is 44.1 Å². The molecule has 164 valence electrons. The Morgan fingerprint density at radius 3 is 2.43 bits per heavy atom. The fraction of sp³-hybridized carbons (Fsp3) is 0.636. The van der Waals surface area contributed by atoms with Crippen LogP contribution in [0.2, 0.25) is 0 Å². The maximum Gasteiger partial charge on any atom is 0.275 e. The van der Waals surface area contributed by atoms with Crippen molar-refractivity contribution in [2.45, 2.75) is 63.8 Å². The molecule has 1 aliphatic heterocycles. The molecule has 1 unspecified atom stereocenters. The third-order valence-electron chi connectivity index (χ3n) is 6.61. The van der Waals surface area contributed by atoms with Crippen molar-refractivity contribution in [3.05, 3.63) is 34.6 Å². The molecule has 0 radical (unpaired) electrons. The predicted molar refractivity (Wildman–Crippen MR) is 120 cm³/mol. The predicted octanol–water partition coefficient (Wildman–Crippen LogP) is 3.19. The molecular weight excluding hydrogens is 400 g/mol. The first-order valence-electron chi connectivity index (χ1n) is 11.2. The number of anilines is 1. The summed E-state index contributed by atoms with van der Waals surface area (Å²) in [6, 6.07) is 7.91. The van der Waals surface area contributed by atoms with Gasteiger partial charge >= 0.3 is 0 Å². The minimum atomic E-state index is -3.46. The second-order valence-corrected chi connectivity index (χ2v) is 10.6. The molecule has 1 atom stereocenters. The summed E-state index contributed by atoms with van der Waals surface area (Å²) in [7, 11) is -3.46. The molecule has 7 nitrogen and oxygen atoms in total. The third-order valence-corrected chi connectivity index (χ3v) is 7.41. The molecule has 2 N–H and O–H groups in total. The van der Waals surface area contributed by atoms with Gasteiger partial charge in [-0.2, -0.15) is 5.10 Å². The monoisotopic (exact) mass is 432 g/mol. The highest BCUT2D eigenvalue weighted by Gasteiger charge is 2.25. The van der Waals surface area contributed by atoms with Gasteiger partial charge in [0.15, 0.2) is 5.82 Å². The molecule has 1 aromatic heterocycles. The molecule has 2 fully saturated rings. The Balaban J connectivity index is 1.71. The highest BCUT2D eigenvalue weighted by molar-refractivity contribution is 7.89. The van der Waals surface area contributed by atoms with Crippen molar-refractivity contribution in [2.75, 3.05) is 23.7 Å². The fourth-order valence-corrected chi connectivity index (χ4v) is 5.65. The minimum absolute atomic E-state index is 0.00171. The fourth-order valence-electron chi connectivity index (χ4n) is 4.98. The Morgan fingerprint density at radius 2 is 1.70 bits per heavy atom. The lowest BCUT2D eigenvalue weighted by molar-refractivity contribution is 0.320. The summed E-state index contributed by atoms with van der Waals surface area (Å²) in [5, 5.41) is 11.8. The molecule has 30 heavy (non-hydrogen) atoms. The molecule has 0 amide bonds. The van der Waals surface area contributed by atoms with E-state index in [1.807, 2.05) is 24.3 Å². The maximum atomic E-state index is 13.2. The number of primary sulfonamides is 1. The zero-order chi connectivity index (χ0) is 21.1. The summed E-state index contributed by atoms with van der Waals surface area (Å²) >= 11 is 0. The van der Waals surface area contributed by atoms with E-state index in [-0.39, 0.29) is 23.3 Å². The first kappa shape index (κ1) is 21.3. The highest BCUT2D eigenvalue weighted by atomic mass is 32.2. The minimum Gasteiger partial charge on any atom is -0.354 e. The Labute approximate surface area is 178 Å². The van der Waals surface area contributed by atoms with Gasteiger partial charge < -0.3 is 4.90 Å². The van der Waals surface area contributed by atoms with Crippen LogP contribution >= 0.6 is 0 Å². The average Bonchev–Trinajstić information content (AvgIpc) is 2.99. The van der Waals surface area contributed by atoms with Gasteiger partial charge in [0.1, 0.15) is 0 Å². The first-order chi connectivity index (χ1) is 14.4. The lowest BCUT2D eigenvalue weighted by Gasteiger charge is -2.29. The Kier molecular flexibility index (Phi) is 6.43. The molecular formula is C22H32N4O3S. The van der Waals surface area contributed by atoms with E-state index in [2.05, 4.69) is 4.90 Å². The summed E-state index contributed by atoms with van der Waals surface area (Å²) in [5.74, 6) is 1.13. The summed E-state index contributed by atoms with van der Waals surface area (Å²) < 4.78 is 24.7. The van der Waals surface area contributed by atoms with E-state index >= 15 is 0 Å². The van der Waals surface area contributed by atoms with Gasteiger partial charge in [-0.25, -0.2) is 18.2 Å². The van der Waals surface area contributed by atoms with Crippen LogP contribution in [0.5, 0.6) is 0 Å². The van der Waals surface area contributed by atoms with Crippen molar-refractivity contribution in [3.63, 3.8) is 0 Å². The Hall–Kier alpha value is -1.93. The van der Waals surface area contributed by atoms with Gasteiger partial charge in [-0.3, -0.25) is 4.79 Å². The maximum absolute atomic E-state index is 13.2. The van der Waals surface area contributed by atoms with E-state index in [4.69, 9.17) is 10.2 Å². The van der Waals surface area contributed by atoms with Crippen LogP contribution in [0.3, 0.4) is 0 Å². The van der Waals surface area contributed by atoms with E-state index in [9.17, 15) is 13.2 Å². The van der Waals surface area contributed by atoms with Crippen LogP contribution in [0.4, 0.5) is 5.82 Å². The molecule has 2 heterocycles. The molecule has 1 saturated carbocycles. The molecule has 0 spiro atoms. The lowest BCUT2D eigenvalue weighted by atomic mass is 9.95. The highest BCUT2D eigenvalue weighted by Crippen LogP contribution is 2.31. The lowest BCUT2D eigenvalue weighted by Crippen LogP contribution is -2.35. The SMILES string of the molecule is NS(=O)(=O)CCC1CCCCN(c2nn(C3CCCCC3)c(=O)c3ccccc23)C1. The summed E-state index contributed by atoms with van der Waals surface area (Å²) in [4.78, 5) is 15.5. The molecule has 4 rings (SSSR count). The molecule has 1 saturated heterocycles. The van der Waals surface area contributed by atoms with Crippen molar-refractivity contribution < 1.29 is 8.42 Å². The van der Waals surface area contributed by atoms with Crippen LogP contribution in [0.1, 0.15) is 63.8 Å². The average molecular weight is 433 g/mol. The molecule has 2 aromatic rings. The van der Waals surface area contributed by atoms with Gasteiger partial charge in [0.2, 0.25) is 10.0 Å². The summed E-state index contributed by atoms with van der Waals surface area (Å²) in [6.07, 6.45) is 9.16. The number of benzene rings is 1. The number of nitrogens with two attached hydrogens (primary N) is 1. The van der Waals surface area contributed by atoms with Crippen LogP contribution in [0, 0.1) is 5.92 Å². The number of aromatic nitrogens is 2. The van der Waals surface area contributed by atoms with Crippen LogP contribution in [0.15, 0.2) is 29.1 Å². The third kappa shape index (κ3) is 4.86. The van der Waals surface area contributed by atoms with Crippen molar-refractivity contribution >= 4 is 26.6 Å². The van der Waals surface area contributed by atoms with Crippen LogP contribution in [-0.2, 0) is 10.0 Å². The van der Waals surface area contributed by atoms with Crippen molar-refractivity contribution in [1.82, 2.24) is 9.78 Å². The molecule has 1 aromatic carbocycles. The second-order valence-electron chi connectivity index (χ2n) is 8.87. The number of nitrogens with zero attached hydrogens (tertiary/aromatic N) is 3. The normalized spacial score (nSPS) is 21.6. The molecule has 2 aliphatic rings. The Bertz CT molecular complexity index is 1040. The Morgan fingerprint density at radius 1 is 1.00 bits per heavy atom.